The fraction of sp³-hybridized carbons (Fsp3) is 0.375. The zero-order valence-corrected chi connectivity index (χ0v) is 15.4. The normalized spacial score (nSPS) is 18.4. The lowest BCUT2D eigenvalue weighted by molar-refractivity contribution is -0.136. The molecular formula is C16H18BrN3O2S. The van der Waals surface area contributed by atoms with Gasteiger partial charge < -0.3 is 14.8 Å². The van der Waals surface area contributed by atoms with Crippen molar-refractivity contribution < 1.29 is 9.59 Å². The van der Waals surface area contributed by atoms with Crippen LogP contribution in [0.25, 0.3) is 0 Å². The molecule has 23 heavy (non-hydrogen) atoms. The number of aromatic nitrogens is 1. The molecule has 122 valence electrons. The molecule has 0 aromatic carbocycles. The summed E-state index contributed by atoms with van der Waals surface area (Å²) in [5.74, 6) is -0.261. The lowest BCUT2D eigenvalue weighted by atomic mass is 10.1. The van der Waals surface area contributed by atoms with E-state index in [4.69, 9.17) is 0 Å². The van der Waals surface area contributed by atoms with Crippen molar-refractivity contribution >= 4 is 39.1 Å². The molecule has 2 amide bonds. The number of amides is 2. The van der Waals surface area contributed by atoms with E-state index in [9.17, 15) is 9.59 Å². The average molecular weight is 396 g/mol. The molecule has 1 aliphatic heterocycles. The van der Waals surface area contributed by atoms with Gasteiger partial charge in [-0.1, -0.05) is 0 Å². The third-order valence-electron chi connectivity index (χ3n) is 4.14. The van der Waals surface area contributed by atoms with Gasteiger partial charge in [0.15, 0.2) is 0 Å². The first kappa shape index (κ1) is 16.3. The van der Waals surface area contributed by atoms with Crippen LogP contribution >= 0.6 is 27.3 Å². The second-order valence-electron chi connectivity index (χ2n) is 5.63. The fourth-order valence-electron chi connectivity index (χ4n) is 2.89. The highest BCUT2D eigenvalue weighted by Gasteiger charge is 2.30. The molecule has 2 unspecified atom stereocenters. The fourth-order valence-corrected chi connectivity index (χ4v) is 4.18. The van der Waals surface area contributed by atoms with Crippen LogP contribution in [-0.2, 0) is 11.3 Å². The van der Waals surface area contributed by atoms with Crippen LogP contribution in [0.1, 0.15) is 35.3 Å². The SMILES string of the molecule is CC(NC(=O)c1ccc(Br)s1)C(=O)N1CCn2cccc2C1C. The van der Waals surface area contributed by atoms with Crippen LogP contribution in [0.3, 0.4) is 0 Å². The predicted molar refractivity (Wildman–Crippen MR) is 93.5 cm³/mol. The molecule has 5 nitrogen and oxygen atoms in total. The lowest BCUT2D eigenvalue weighted by Gasteiger charge is -2.36. The topological polar surface area (TPSA) is 54.3 Å². The van der Waals surface area contributed by atoms with Crippen molar-refractivity contribution in [2.24, 2.45) is 0 Å². The Balaban J connectivity index is 1.67. The third kappa shape index (κ3) is 3.21. The van der Waals surface area contributed by atoms with Crippen LogP contribution < -0.4 is 5.32 Å². The molecule has 0 radical (unpaired) electrons. The second kappa shape index (κ2) is 6.49. The zero-order chi connectivity index (χ0) is 16.6. The summed E-state index contributed by atoms with van der Waals surface area (Å²) >= 11 is 4.69. The summed E-state index contributed by atoms with van der Waals surface area (Å²) in [6, 6.07) is 7.08. The number of carbonyl (C=O) groups is 2. The van der Waals surface area contributed by atoms with Gasteiger partial charge in [-0.05, 0) is 54.0 Å². The molecule has 3 rings (SSSR count). The maximum Gasteiger partial charge on any atom is 0.262 e. The van der Waals surface area contributed by atoms with Crippen molar-refractivity contribution in [3.05, 3.63) is 44.8 Å². The lowest BCUT2D eigenvalue weighted by Crippen LogP contribution is -2.50. The Morgan fingerprint density at radius 1 is 1.35 bits per heavy atom. The molecule has 0 bridgehead atoms. The molecule has 0 fully saturated rings. The van der Waals surface area contributed by atoms with Gasteiger partial charge >= 0.3 is 0 Å². The summed E-state index contributed by atoms with van der Waals surface area (Å²) in [4.78, 5) is 27.3. The van der Waals surface area contributed by atoms with Crippen LogP contribution in [0.4, 0.5) is 0 Å². The number of hydrogen-bond acceptors (Lipinski definition) is 3. The van der Waals surface area contributed by atoms with Gasteiger partial charge in [-0.3, -0.25) is 9.59 Å². The molecule has 2 aromatic heterocycles. The van der Waals surface area contributed by atoms with Crippen LogP contribution in [0.2, 0.25) is 0 Å². The highest BCUT2D eigenvalue weighted by Crippen LogP contribution is 2.26. The number of nitrogens with zero attached hydrogens (tertiary/aromatic N) is 2. The van der Waals surface area contributed by atoms with Crippen molar-refractivity contribution in [2.45, 2.75) is 32.5 Å². The largest absolute Gasteiger partial charge is 0.348 e. The summed E-state index contributed by atoms with van der Waals surface area (Å²) in [7, 11) is 0. The number of rotatable bonds is 3. The summed E-state index contributed by atoms with van der Waals surface area (Å²) in [5.41, 5.74) is 1.13. The average Bonchev–Trinajstić information content (AvgIpc) is 3.16. The van der Waals surface area contributed by atoms with E-state index < -0.39 is 6.04 Å². The first-order chi connectivity index (χ1) is 11.0. The molecule has 0 aliphatic carbocycles. The maximum absolute atomic E-state index is 12.7. The van der Waals surface area contributed by atoms with Crippen molar-refractivity contribution in [3.8, 4) is 0 Å². The second-order valence-corrected chi connectivity index (χ2v) is 8.10. The van der Waals surface area contributed by atoms with Gasteiger partial charge in [0.25, 0.3) is 5.91 Å². The van der Waals surface area contributed by atoms with Gasteiger partial charge in [-0.2, -0.15) is 0 Å². The zero-order valence-electron chi connectivity index (χ0n) is 13.0. The van der Waals surface area contributed by atoms with Crippen molar-refractivity contribution in [1.82, 2.24) is 14.8 Å². The number of halogens is 1. The number of thiophene rings is 1. The van der Waals surface area contributed by atoms with E-state index in [1.807, 2.05) is 36.2 Å². The molecular weight excluding hydrogens is 378 g/mol. The van der Waals surface area contributed by atoms with Gasteiger partial charge in [-0.15, -0.1) is 11.3 Å². The Kier molecular flexibility index (Phi) is 4.59. The minimum atomic E-state index is -0.549. The van der Waals surface area contributed by atoms with Crippen molar-refractivity contribution in [3.63, 3.8) is 0 Å². The van der Waals surface area contributed by atoms with Gasteiger partial charge in [0.2, 0.25) is 5.91 Å². The Bertz CT molecular complexity index is 739. The first-order valence-corrected chi connectivity index (χ1v) is 9.10. The van der Waals surface area contributed by atoms with Crippen molar-refractivity contribution in [1.29, 1.82) is 0 Å². The minimum absolute atomic E-state index is 0.0153. The Labute approximate surface area is 147 Å². The van der Waals surface area contributed by atoms with E-state index in [0.717, 1.165) is 16.0 Å². The van der Waals surface area contributed by atoms with E-state index in [-0.39, 0.29) is 17.9 Å². The summed E-state index contributed by atoms with van der Waals surface area (Å²) in [6.07, 6.45) is 2.04. The standard InChI is InChI=1S/C16H18BrN3O2S/c1-10(18-15(21)13-5-6-14(17)23-13)16(22)20-9-8-19-7-3-4-12(19)11(20)2/h3-7,10-11H,8-9H2,1-2H3,(H,18,21). The number of nitrogens with one attached hydrogen (secondary N) is 1. The molecule has 0 saturated heterocycles. The van der Waals surface area contributed by atoms with E-state index in [1.54, 1.807) is 13.0 Å². The molecule has 2 aromatic rings. The molecule has 0 spiro atoms. The van der Waals surface area contributed by atoms with E-state index in [0.29, 0.717) is 11.4 Å². The van der Waals surface area contributed by atoms with Crippen molar-refractivity contribution in [2.75, 3.05) is 6.54 Å². The number of fused-ring (bicyclic) bond motifs is 1. The monoisotopic (exact) mass is 395 g/mol. The molecule has 2 atom stereocenters. The number of carbonyl (C=O) groups excluding carboxylic acids is 2. The molecule has 7 heteroatoms. The first-order valence-electron chi connectivity index (χ1n) is 7.49. The molecule has 3 heterocycles. The highest BCUT2D eigenvalue weighted by atomic mass is 79.9. The quantitative estimate of drug-likeness (QED) is 0.867. The van der Waals surface area contributed by atoms with Gasteiger partial charge in [0, 0.05) is 25.0 Å². The van der Waals surface area contributed by atoms with E-state index in [2.05, 4.69) is 25.8 Å². The Morgan fingerprint density at radius 3 is 2.83 bits per heavy atom. The van der Waals surface area contributed by atoms with Crippen LogP contribution in [0, 0.1) is 0 Å². The third-order valence-corrected chi connectivity index (χ3v) is 5.76. The maximum atomic E-state index is 12.7. The Hall–Kier alpha value is -1.60. The van der Waals surface area contributed by atoms with Gasteiger partial charge in [0.1, 0.15) is 6.04 Å². The van der Waals surface area contributed by atoms with E-state index in [1.165, 1.54) is 11.3 Å². The van der Waals surface area contributed by atoms with Crippen LogP contribution in [-0.4, -0.2) is 33.9 Å². The molecule has 1 N–H and O–H groups in total. The minimum Gasteiger partial charge on any atom is -0.348 e. The van der Waals surface area contributed by atoms with Crippen LogP contribution in [0.5, 0.6) is 0 Å². The smallest absolute Gasteiger partial charge is 0.262 e. The molecule has 1 aliphatic rings. The van der Waals surface area contributed by atoms with Gasteiger partial charge in [-0.25, -0.2) is 0 Å². The summed E-state index contributed by atoms with van der Waals surface area (Å²) in [6.45, 7) is 5.21. The van der Waals surface area contributed by atoms with E-state index >= 15 is 0 Å². The number of hydrogen-bond donors (Lipinski definition) is 1. The van der Waals surface area contributed by atoms with Gasteiger partial charge in [0.05, 0.1) is 14.7 Å². The Morgan fingerprint density at radius 2 is 2.13 bits per heavy atom. The molecule has 0 saturated carbocycles. The summed E-state index contributed by atoms with van der Waals surface area (Å²) in [5, 5.41) is 2.80. The van der Waals surface area contributed by atoms with Crippen LogP contribution in [0.15, 0.2) is 34.2 Å². The predicted octanol–water partition coefficient (Wildman–Crippen LogP) is 3.03. The summed E-state index contributed by atoms with van der Waals surface area (Å²) < 4.78 is 3.06. The highest BCUT2D eigenvalue weighted by molar-refractivity contribution is 9.11.